The van der Waals surface area contributed by atoms with E-state index in [0.717, 1.165) is 57.8 Å². The van der Waals surface area contributed by atoms with Gasteiger partial charge in [0.05, 0.1) is 36.3 Å². The molecule has 0 saturated carbocycles. The molecular weight excluding hydrogens is 528 g/mol. The summed E-state index contributed by atoms with van der Waals surface area (Å²) in [6.45, 7) is 7.53. The van der Waals surface area contributed by atoms with Gasteiger partial charge in [0.25, 0.3) is 0 Å². The van der Waals surface area contributed by atoms with Crippen LogP contribution in [0.4, 0.5) is 26.1 Å². The molecule has 11 heteroatoms. The van der Waals surface area contributed by atoms with Gasteiger partial charge in [0.15, 0.2) is 17.3 Å². The number of ether oxygens (including phenoxy) is 2. The summed E-state index contributed by atoms with van der Waals surface area (Å²) in [7, 11) is 3.50. The SMILES string of the molecule is COc1cc(C)c(F)c(COc2cnc(Nc3ccc(N4CCC(N5CCN(C)CC5)CC4)c(C#N)c3)nc2)c1F. The van der Waals surface area contributed by atoms with E-state index in [1.807, 2.05) is 12.1 Å². The molecule has 3 heterocycles. The Morgan fingerprint density at radius 1 is 1.02 bits per heavy atom. The van der Waals surface area contributed by atoms with Crippen molar-refractivity contribution in [3.05, 3.63) is 65.0 Å². The van der Waals surface area contributed by atoms with Crippen molar-refractivity contribution in [3.63, 3.8) is 0 Å². The highest BCUT2D eigenvalue weighted by Crippen LogP contribution is 2.30. The predicted molar refractivity (Wildman–Crippen MR) is 153 cm³/mol. The number of halogens is 2. The second-order valence-corrected chi connectivity index (χ2v) is 10.6. The monoisotopic (exact) mass is 563 g/mol. The number of piperazine rings is 1. The second kappa shape index (κ2) is 12.7. The lowest BCUT2D eigenvalue weighted by Gasteiger charge is -2.42. The van der Waals surface area contributed by atoms with Crippen molar-refractivity contribution in [1.82, 2.24) is 19.8 Å². The molecule has 1 aromatic heterocycles. The van der Waals surface area contributed by atoms with Gasteiger partial charge in [0.1, 0.15) is 18.5 Å². The summed E-state index contributed by atoms with van der Waals surface area (Å²) in [6, 6.07) is 9.92. The molecule has 0 radical (unpaired) electrons. The summed E-state index contributed by atoms with van der Waals surface area (Å²) in [6.07, 6.45) is 5.02. The third-order valence-electron chi connectivity index (χ3n) is 7.90. The minimum Gasteiger partial charge on any atom is -0.494 e. The summed E-state index contributed by atoms with van der Waals surface area (Å²) in [5.74, 6) is -0.972. The molecule has 0 unspecified atom stereocenters. The summed E-state index contributed by atoms with van der Waals surface area (Å²) >= 11 is 0. The number of likely N-dealkylation sites (N-methyl/N-ethyl adjacent to an activating group) is 1. The van der Waals surface area contributed by atoms with Gasteiger partial charge < -0.3 is 24.6 Å². The maximum absolute atomic E-state index is 14.5. The van der Waals surface area contributed by atoms with Crippen LogP contribution in [0.25, 0.3) is 0 Å². The van der Waals surface area contributed by atoms with E-state index in [-0.39, 0.29) is 29.2 Å². The van der Waals surface area contributed by atoms with Gasteiger partial charge in [0.2, 0.25) is 5.95 Å². The number of anilines is 3. The van der Waals surface area contributed by atoms with Gasteiger partial charge in [-0.25, -0.2) is 18.7 Å². The highest BCUT2D eigenvalue weighted by atomic mass is 19.1. The van der Waals surface area contributed by atoms with E-state index in [0.29, 0.717) is 23.2 Å². The van der Waals surface area contributed by atoms with Crippen LogP contribution < -0.4 is 19.7 Å². The molecule has 2 aliphatic heterocycles. The molecule has 5 rings (SSSR count). The van der Waals surface area contributed by atoms with Crippen LogP contribution in [0.5, 0.6) is 11.5 Å². The second-order valence-electron chi connectivity index (χ2n) is 10.6. The Labute approximate surface area is 239 Å². The highest BCUT2D eigenvalue weighted by molar-refractivity contribution is 5.67. The van der Waals surface area contributed by atoms with Crippen molar-refractivity contribution < 1.29 is 18.3 Å². The third kappa shape index (κ3) is 6.50. The Bertz CT molecular complexity index is 1400. The van der Waals surface area contributed by atoms with Crippen LogP contribution in [0.2, 0.25) is 0 Å². The Balaban J connectivity index is 1.18. The van der Waals surface area contributed by atoms with E-state index in [9.17, 15) is 14.0 Å². The zero-order chi connectivity index (χ0) is 28.9. The molecule has 0 amide bonds. The fourth-order valence-electron chi connectivity index (χ4n) is 5.46. The maximum Gasteiger partial charge on any atom is 0.227 e. The molecule has 0 atom stereocenters. The number of nitrogens with zero attached hydrogens (tertiary/aromatic N) is 6. The van der Waals surface area contributed by atoms with Gasteiger partial charge in [-0.05, 0) is 56.6 Å². The van der Waals surface area contributed by atoms with Crippen LogP contribution in [0.3, 0.4) is 0 Å². The molecule has 2 saturated heterocycles. The average Bonchev–Trinajstić information content (AvgIpc) is 3.00. The van der Waals surface area contributed by atoms with E-state index in [1.54, 1.807) is 6.07 Å². The maximum atomic E-state index is 14.5. The predicted octanol–water partition coefficient (Wildman–Crippen LogP) is 4.48. The molecule has 0 spiro atoms. The zero-order valence-electron chi connectivity index (χ0n) is 23.7. The van der Waals surface area contributed by atoms with Crippen LogP contribution in [0, 0.1) is 29.9 Å². The summed E-state index contributed by atoms with van der Waals surface area (Å²) in [5.41, 5.74) is 2.24. The van der Waals surface area contributed by atoms with Crippen LogP contribution in [-0.2, 0) is 6.61 Å². The van der Waals surface area contributed by atoms with Crippen LogP contribution in [0.1, 0.15) is 29.5 Å². The first kappa shape index (κ1) is 28.5. The van der Waals surface area contributed by atoms with E-state index in [2.05, 4.69) is 43.1 Å². The first-order valence-corrected chi connectivity index (χ1v) is 13.8. The minimum absolute atomic E-state index is 0.0452. The van der Waals surface area contributed by atoms with Crippen LogP contribution in [0.15, 0.2) is 36.7 Å². The molecule has 9 nitrogen and oxygen atoms in total. The summed E-state index contributed by atoms with van der Waals surface area (Å²) < 4.78 is 39.5. The first-order chi connectivity index (χ1) is 19.9. The Morgan fingerprint density at radius 2 is 1.73 bits per heavy atom. The number of hydrogen-bond donors (Lipinski definition) is 1. The molecule has 2 fully saturated rings. The number of aromatic nitrogens is 2. The normalized spacial score (nSPS) is 16.8. The minimum atomic E-state index is -0.800. The number of methoxy groups -OCH3 is 1. The standard InChI is InChI=1S/C30H35F2N7O2/c1-20-14-27(40-3)29(32)25(28(20)31)19-41-24-17-34-30(35-18-24)36-22-4-5-26(21(15-22)16-33)39-8-6-23(7-9-39)38-12-10-37(2)11-13-38/h4-5,14-15,17-18,23H,6-13,19H2,1-3H3,(H,34,35,36). The van der Waals surface area contributed by atoms with Crippen molar-refractivity contribution in [1.29, 1.82) is 5.26 Å². The van der Waals surface area contributed by atoms with Gasteiger partial charge in [-0.2, -0.15) is 5.26 Å². The lowest BCUT2D eigenvalue weighted by Crippen LogP contribution is -2.52. The van der Waals surface area contributed by atoms with E-state index < -0.39 is 11.6 Å². The molecule has 41 heavy (non-hydrogen) atoms. The smallest absolute Gasteiger partial charge is 0.227 e. The highest BCUT2D eigenvalue weighted by Gasteiger charge is 2.27. The fraction of sp³-hybridized carbons (Fsp3) is 0.433. The van der Waals surface area contributed by atoms with Crippen LogP contribution >= 0.6 is 0 Å². The summed E-state index contributed by atoms with van der Waals surface area (Å²) in [5, 5.41) is 13.0. The van der Waals surface area contributed by atoms with Crippen LogP contribution in [-0.4, -0.2) is 79.2 Å². The number of nitriles is 1. The van der Waals surface area contributed by atoms with E-state index in [1.165, 1.54) is 32.5 Å². The topological polar surface area (TPSA) is 89.8 Å². The Morgan fingerprint density at radius 3 is 2.39 bits per heavy atom. The molecule has 0 bridgehead atoms. The van der Waals surface area contributed by atoms with Crippen molar-refractivity contribution in [2.45, 2.75) is 32.4 Å². The first-order valence-electron chi connectivity index (χ1n) is 13.8. The van der Waals surface area contributed by atoms with Crippen molar-refractivity contribution in [2.24, 2.45) is 0 Å². The number of aryl methyl sites for hydroxylation is 1. The Hall–Kier alpha value is -4.01. The van der Waals surface area contributed by atoms with Gasteiger partial charge in [-0.15, -0.1) is 0 Å². The van der Waals surface area contributed by atoms with Gasteiger partial charge in [0, 0.05) is 51.0 Å². The van der Waals surface area contributed by atoms with E-state index >= 15 is 0 Å². The number of rotatable bonds is 8. The largest absolute Gasteiger partial charge is 0.494 e. The van der Waals surface area contributed by atoms with E-state index in [4.69, 9.17) is 9.47 Å². The number of piperidine rings is 1. The van der Waals surface area contributed by atoms with Crippen molar-refractivity contribution in [2.75, 3.05) is 63.6 Å². The lowest BCUT2D eigenvalue weighted by atomic mass is 10.0. The molecule has 1 N–H and O–H groups in total. The molecule has 0 aliphatic carbocycles. The number of hydrogen-bond acceptors (Lipinski definition) is 9. The average molecular weight is 564 g/mol. The third-order valence-corrected chi connectivity index (χ3v) is 7.90. The summed E-state index contributed by atoms with van der Waals surface area (Å²) in [4.78, 5) is 15.8. The molecule has 2 aliphatic rings. The fourth-order valence-corrected chi connectivity index (χ4v) is 5.46. The molecular formula is C30H35F2N7O2. The number of benzene rings is 2. The zero-order valence-corrected chi connectivity index (χ0v) is 23.7. The lowest BCUT2D eigenvalue weighted by molar-refractivity contribution is 0.0982. The molecule has 216 valence electrons. The Kier molecular flexibility index (Phi) is 8.81. The molecule has 3 aromatic rings. The van der Waals surface area contributed by atoms with Crippen molar-refractivity contribution >= 4 is 17.3 Å². The quantitative estimate of drug-likeness (QED) is 0.426. The number of nitrogens with one attached hydrogen (secondary N) is 1. The van der Waals surface area contributed by atoms with Gasteiger partial charge >= 0.3 is 0 Å². The molecule has 2 aromatic carbocycles. The van der Waals surface area contributed by atoms with Gasteiger partial charge in [-0.1, -0.05) is 0 Å². The van der Waals surface area contributed by atoms with Crippen molar-refractivity contribution in [3.8, 4) is 17.6 Å². The van der Waals surface area contributed by atoms with Gasteiger partial charge in [-0.3, -0.25) is 4.90 Å².